The van der Waals surface area contributed by atoms with Gasteiger partial charge in [0.15, 0.2) is 15.6 Å². The van der Waals surface area contributed by atoms with Crippen molar-refractivity contribution in [2.45, 2.75) is 24.7 Å². The van der Waals surface area contributed by atoms with Crippen LogP contribution in [0.4, 0.5) is 0 Å². The third kappa shape index (κ3) is 2.44. The Bertz CT molecular complexity index is 655. The molecule has 3 rings (SSSR count). The minimum atomic E-state index is -3.50. The van der Waals surface area contributed by atoms with Crippen molar-refractivity contribution in [2.24, 2.45) is 17.8 Å². The van der Waals surface area contributed by atoms with Crippen molar-refractivity contribution in [3.8, 4) is 0 Å². The van der Waals surface area contributed by atoms with Crippen molar-refractivity contribution in [1.29, 1.82) is 0 Å². The van der Waals surface area contributed by atoms with Gasteiger partial charge in [0.05, 0.1) is 4.90 Å². The molecule has 1 aromatic carbocycles. The normalized spacial score (nSPS) is 27.9. The van der Waals surface area contributed by atoms with Crippen molar-refractivity contribution in [3.63, 3.8) is 0 Å². The third-order valence-corrected chi connectivity index (χ3v) is 6.06. The van der Waals surface area contributed by atoms with Gasteiger partial charge in [-0.1, -0.05) is 29.8 Å². The summed E-state index contributed by atoms with van der Waals surface area (Å²) in [4.78, 5) is 12.5. The van der Waals surface area contributed by atoms with E-state index in [1.54, 1.807) is 24.3 Å². The first kappa shape index (κ1) is 13.6. The summed E-state index contributed by atoms with van der Waals surface area (Å²) in [5.41, 5.74) is 1.01. The number of carbonyl (C=O) groups is 1. The quantitative estimate of drug-likeness (QED) is 0.801. The molecule has 20 heavy (non-hydrogen) atoms. The number of rotatable bonds is 4. The molecule has 0 spiro atoms. The molecule has 2 bridgehead atoms. The van der Waals surface area contributed by atoms with Gasteiger partial charge in [-0.15, -0.1) is 0 Å². The molecule has 3 nitrogen and oxygen atoms in total. The van der Waals surface area contributed by atoms with Gasteiger partial charge < -0.3 is 0 Å². The highest BCUT2D eigenvalue weighted by atomic mass is 32.2. The molecule has 0 heterocycles. The smallest absolute Gasteiger partial charge is 0.185 e. The summed E-state index contributed by atoms with van der Waals surface area (Å²) >= 11 is 0. The molecule has 0 aliphatic heterocycles. The Kier molecular flexibility index (Phi) is 3.28. The Morgan fingerprint density at radius 1 is 1.15 bits per heavy atom. The number of benzene rings is 1. The van der Waals surface area contributed by atoms with Crippen LogP contribution in [0.15, 0.2) is 41.3 Å². The molecule has 0 unspecified atom stereocenters. The standard InChI is InChI=1S/C16H18O3S/c1-11-2-6-14(7-3-11)20(18,19)10-16(17)15-9-12-4-5-13(15)8-12/h2-7,12-13,15H,8-10H2,1H3/t12-,13+,15-/m1/s1. The van der Waals surface area contributed by atoms with Crippen LogP contribution in [0.25, 0.3) is 0 Å². The lowest BCUT2D eigenvalue weighted by Gasteiger charge is -2.16. The molecule has 0 N–H and O–H groups in total. The van der Waals surface area contributed by atoms with Crippen molar-refractivity contribution in [1.82, 2.24) is 0 Å². The van der Waals surface area contributed by atoms with Crippen LogP contribution in [0.5, 0.6) is 0 Å². The summed E-state index contributed by atoms with van der Waals surface area (Å²) < 4.78 is 24.6. The van der Waals surface area contributed by atoms with Crippen LogP contribution in [0.2, 0.25) is 0 Å². The van der Waals surface area contributed by atoms with Gasteiger partial charge in [-0.3, -0.25) is 4.79 Å². The first-order chi connectivity index (χ1) is 9.45. The van der Waals surface area contributed by atoms with Gasteiger partial charge >= 0.3 is 0 Å². The van der Waals surface area contributed by atoms with Gasteiger partial charge in [0, 0.05) is 5.92 Å². The van der Waals surface area contributed by atoms with Gasteiger partial charge in [-0.05, 0) is 43.7 Å². The number of sulfone groups is 1. The molecule has 0 radical (unpaired) electrons. The second-order valence-electron chi connectivity index (χ2n) is 5.93. The minimum Gasteiger partial charge on any atom is -0.298 e. The van der Waals surface area contributed by atoms with Crippen molar-refractivity contribution in [3.05, 3.63) is 42.0 Å². The zero-order valence-corrected chi connectivity index (χ0v) is 12.3. The van der Waals surface area contributed by atoms with Crippen LogP contribution in [-0.4, -0.2) is 20.0 Å². The van der Waals surface area contributed by atoms with Crippen molar-refractivity contribution >= 4 is 15.6 Å². The van der Waals surface area contributed by atoms with Gasteiger partial charge in [0.1, 0.15) is 5.75 Å². The SMILES string of the molecule is Cc1ccc(S(=O)(=O)CC(=O)[C@@H]2C[C@@H]3C=C[C@H]2C3)cc1. The van der Waals surface area contributed by atoms with Gasteiger partial charge in [-0.25, -0.2) is 8.42 Å². The number of fused-ring (bicyclic) bond motifs is 2. The highest BCUT2D eigenvalue weighted by Crippen LogP contribution is 2.44. The summed E-state index contributed by atoms with van der Waals surface area (Å²) in [6.45, 7) is 1.91. The monoisotopic (exact) mass is 290 g/mol. The van der Waals surface area contributed by atoms with E-state index < -0.39 is 9.84 Å². The van der Waals surface area contributed by atoms with Crippen molar-refractivity contribution in [2.75, 3.05) is 5.75 Å². The molecule has 106 valence electrons. The van der Waals surface area contributed by atoms with Gasteiger partial charge in [0.2, 0.25) is 0 Å². The predicted octanol–water partition coefficient (Wildman–Crippen LogP) is 2.55. The predicted molar refractivity (Wildman–Crippen MR) is 77.1 cm³/mol. The summed E-state index contributed by atoms with van der Waals surface area (Å²) in [7, 11) is -3.50. The summed E-state index contributed by atoms with van der Waals surface area (Å²) in [5, 5.41) is 0. The fraction of sp³-hybridized carbons (Fsp3) is 0.438. The van der Waals surface area contributed by atoms with Crippen molar-refractivity contribution < 1.29 is 13.2 Å². The second kappa shape index (κ2) is 4.85. The minimum absolute atomic E-state index is 0.0924. The molecule has 0 saturated heterocycles. The maximum Gasteiger partial charge on any atom is 0.185 e. The van der Waals surface area contributed by atoms with Crippen LogP contribution >= 0.6 is 0 Å². The van der Waals surface area contributed by atoms with Gasteiger partial charge in [-0.2, -0.15) is 0 Å². The Morgan fingerprint density at radius 2 is 1.85 bits per heavy atom. The molecule has 0 aromatic heterocycles. The summed E-state index contributed by atoms with van der Waals surface area (Å²) in [5.74, 6) is 0.169. The van der Waals surface area contributed by atoms with E-state index >= 15 is 0 Å². The highest BCUT2D eigenvalue weighted by molar-refractivity contribution is 7.92. The summed E-state index contributed by atoms with van der Waals surface area (Å²) in [6, 6.07) is 6.69. The van der Waals surface area contributed by atoms with E-state index in [1.807, 2.05) is 6.92 Å². The number of aryl methyl sites for hydroxylation is 1. The number of ketones is 1. The van der Waals surface area contributed by atoms with E-state index in [1.165, 1.54) is 0 Å². The second-order valence-corrected chi connectivity index (χ2v) is 7.91. The van der Waals surface area contributed by atoms with E-state index in [4.69, 9.17) is 0 Å². The van der Waals surface area contributed by atoms with Crippen LogP contribution < -0.4 is 0 Å². The molecular formula is C16H18O3S. The van der Waals surface area contributed by atoms with Crippen LogP contribution in [0.1, 0.15) is 18.4 Å². The topological polar surface area (TPSA) is 51.2 Å². The van der Waals surface area contributed by atoms with E-state index in [0.717, 1.165) is 18.4 Å². The van der Waals surface area contributed by atoms with Crippen LogP contribution in [-0.2, 0) is 14.6 Å². The van der Waals surface area contributed by atoms with Crippen LogP contribution in [0, 0.1) is 24.7 Å². The molecule has 2 aliphatic rings. The van der Waals surface area contributed by atoms with Gasteiger partial charge in [0.25, 0.3) is 0 Å². The van der Waals surface area contributed by atoms with E-state index in [0.29, 0.717) is 5.92 Å². The van der Waals surface area contributed by atoms with E-state index in [-0.39, 0.29) is 28.3 Å². The first-order valence-electron chi connectivity index (χ1n) is 6.96. The average molecular weight is 290 g/mol. The number of allylic oxidation sites excluding steroid dienone is 2. The highest BCUT2D eigenvalue weighted by Gasteiger charge is 2.40. The molecule has 1 aromatic rings. The Labute approximate surface area is 119 Å². The fourth-order valence-electron chi connectivity index (χ4n) is 3.27. The molecule has 0 amide bonds. The number of Topliss-reactive ketones (excluding diaryl/α,β-unsaturated/α-hetero) is 1. The van der Waals surface area contributed by atoms with E-state index in [2.05, 4.69) is 12.2 Å². The number of hydrogen-bond donors (Lipinski definition) is 0. The molecule has 4 heteroatoms. The Morgan fingerprint density at radius 3 is 2.40 bits per heavy atom. The lowest BCUT2D eigenvalue weighted by atomic mass is 9.90. The first-order valence-corrected chi connectivity index (χ1v) is 8.61. The maximum atomic E-state index is 12.3. The third-order valence-electron chi connectivity index (χ3n) is 4.40. The lowest BCUT2D eigenvalue weighted by molar-refractivity contribution is -0.121. The molecular weight excluding hydrogens is 272 g/mol. The molecule has 1 saturated carbocycles. The van der Waals surface area contributed by atoms with E-state index in [9.17, 15) is 13.2 Å². The Hall–Kier alpha value is -1.42. The molecule has 3 atom stereocenters. The largest absolute Gasteiger partial charge is 0.298 e. The number of hydrogen-bond acceptors (Lipinski definition) is 3. The number of carbonyl (C=O) groups excluding carboxylic acids is 1. The molecule has 2 aliphatic carbocycles. The Balaban J connectivity index is 1.75. The molecule has 1 fully saturated rings. The zero-order valence-electron chi connectivity index (χ0n) is 11.5. The lowest BCUT2D eigenvalue weighted by Crippen LogP contribution is -2.26. The maximum absolute atomic E-state index is 12.3. The van der Waals surface area contributed by atoms with Crippen LogP contribution in [0.3, 0.4) is 0 Å². The average Bonchev–Trinajstić information content (AvgIpc) is 3.01. The fourth-order valence-corrected chi connectivity index (χ4v) is 4.58. The summed E-state index contributed by atoms with van der Waals surface area (Å²) in [6.07, 6.45) is 6.07. The zero-order chi connectivity index (χ0) is 14.3.